The Kier molecular flexibility index (Phi) is 3.30. The largest absolute Gasteiger partial charge is 0.497 e. The third kappa shape index (κ3) is 2.01. The van der Waals surface area contributed by atoms with Crippen LogP contribution in [0, 0.1) is 0 Å². The molecule has 0 bridgehead atoms. The Balaban J connectivity index is 2.01. The molecule has 1 aromatic carbocycles. The van der Waals surface area contributed by atoms with Crippen LogP contribution in [0.4, 0.5) is 0 Å². The molecular weight excluding hydrogens is 252 g/mol. The Labute approximate surface area is 118 Å². The summed E-state index contributed by atoms with van der Waals surface area (Å²) >= 11 is 0. The summed E-state index contributed by atoms with van der Waals surface area (Å²) in [5.74, 6) is 0.939. The number of benzene rings is 1. The van der Waals surface area contributed by atoms with E-state index in [1.165, 1.54) is 0 Å². The van der Waals surface area contributed by atoms with Crippen LogP contribution >= 0.6 is 0 Å². The molecule has 3 rings (SSSR count). The van der Waals surface area contributed by atoms with Crippen LogP contribution in [-0.2, 0) is 5.41 Å². The van der Waals surface area contributed by atoms with E-state index in [4.69, 9.17) is 4.74 Å². The number of carbonyl (C=O) groups is 1. The van der Waals surface area contributed by atoms with Gasteiger partial charge in [0.25, 0.3) is 0 Å². The van der Waals surface area contributed by atoms with E-state index in [0.717, 1.165) is 37.0 Å². The van der Waals surface area contributed by atoms with Crippen molar-refractivity contribution in [3.63, 3.8) is 0 Å². The van der Waals surface area contributed by atoms with Crippen molar-refractivity contribution in [2.45, 2.75) is 31.1 Å². The highest BCUT2D eigenvalue weighted by Gasteiger charge is 2.43. The van der Waals surface area contributed by atoms with Gasteiger partial charge in [0.2, 0.25) is 5.91 Å². The summed E-state index contributed by atoms with van der Waals surface area (Å²) in [5, 5.41) is 0. The van der Waals surface area contributed by atoms with Gasteiger partial charge in [0.05, 0.1) is 12.5 Å². The first-order chi connectivity index (χ1) is 9.76. The number of nitrogens with zero attached hydrogens (tertiary/aromatic N) is 2. The molecular formula is C16H18N2O2. The first-order valence-electron chi connectivity index (χ1n) is 6.93. The molecule has 1 aromatic heterocycles. The monoisotopic (exact) mass is 270 g/mol. The Bertz CT molecular complexity index is 581. The molecule has 0 spiro atoms. The second-order valence-corrected chi connectivity index (χ2v) is 5.29. The summed E-state index contributed by atoms with van der Waals surface area (Å²) in [6.45, 7) is 0. The fraction of sp³-hybridized carbons (Fsp3) is 0.375. The van der Waals surface area contributed by atoms with Crippen LogP contribution in [0.25, 0.3) is 0 Å². The number of aromatic nitrogens is 2. The van der Waals surface area contributed by atoms with Gasteiger partial charge in [-0.25, -0.2) is 4.98 Å². The zero-order valence-corrected chi connectivity index (χ0v) is 11.6. The highest BCUT2D eigenvalue weighted by molar-refractivity contribution is 5.90. The van der Waals surface area contributed by atoms with E-state index >= 15 is 0 Å². The van der Waals surface area contributed by atoms with Gasteiger partial charge >= 0.3 is 0 Å². The third-order valence-corrected chi connectivity index (χ3v) is 4.25. The molecule has 0 amide bonds. The second-order valence-electron chi connectivity index (χ2n) is 5.29. The molecule has 0 aliphatic heterocycles. The minimum atomic E-state index is -0.410. The maximum atomic E-state index is 12.9. The van der Waals surface area contributed by atoms with E-state index in [-0.39, 0.29) is 5.91 Å². The van der Waals surface area contributed by atoms with E-state index in [0.29, 0.717) is 0 Å². The molecule has 4 nitrogen and oxygen atoms in total. The fourth-order valence-corrected chi connectivity index (χ4v) is 3.14. The fourth-order valence-electron chi connectivity index (χ4n) is 3.14. The highest BCUT2D eigenvalue weighted by atomic mass is 16.5. The minimum absolute atomic E-state index is 0.123. The highest BCUT2D eigenvalue weighted by Crippen LogP contribution is 2.42. The van der Waals surface area contributed by atoms with Crippen molar-refractivity contribution in [3.05, 3.63) is 48.5 Å². The molecule has 4 heteroatoms. The zero-order chi connectivity index (χ0) is 14.0. The van der Waals surface area contributed by atoms with Crippen molar-refractivity contribution < 1.29 is 9.53 Å². The van der Waals surface area contributed by atoms with Crippen molar-refractivity contribution in [1.29, 1.82) is 0 Å². The maximum Gasteiger partial charge on any atom is 0.242 e. The van der Waals surface area contributed by atoms with Crippen molar-refractivity contribution in [1.82, 2.24) is 9.55 Å². The topological polar surface area (TPSA) is 44.1 Å². The Hall–Kier alpha value is -2.10. The predicted molar refractivity (Wildman–Crippen MR) is 76.0 cm³/mol. The number of hydrogen-bond donors (Lipinski definition) is 0. The van der Waals surface area contributed by atoms with Crippen LogP contribution in [-0.4, -0.2) is 22.6 Å². The Morgan fingerprint density at radius 1 is 1.25 bits per heavy atom. The molecule has 1 heterocycles. The number of imidazole rings is 1. The van der Waals surface area contributed by atoms with E-state index in [1.807, 2.05) is 24.3 Å². The normalized spacial score (nSPS) is 17.1. The molecule has 104 valence electrons. The van der Waals surface area contributed by atoms with Crippen molar-refractivity contribution in [2.75, 3.05) is 7.11 Å². The van der Waals surface area contributed by atoms with Crippen LogP contribution in [0.2, 0.25) is 0 Å². The molecule has 20 heavy (non-hydrogen) atoms. The van der Waals surface area contributed by atoms with Gasteiger partial charge in [-0.2, -0.15) is 0 Å². The van der Waals surface area contributed by atoms with Gasteiger partial charge in [-0.3, -0.25) is 9.36 Å². The van der Waals surface area contributed by atoms with Crippen molar-refractivity contribution >= 4 is 5.91 Å². The Morgan fingerprint density at radius 3 is 2.50 bits per heavy atom. The van der Waals surface area contributed by atoms with E-state index < -0.39 is 5.41 Å². The number of hydrogen-bond acceptors (Lipinski definition) is 3. The van der Waals surface area contributed by atoms with Crippen LogP contribution in [0.5, 0.6) is 5.75 Å². The van der Waals surface area contributed by atoms with Crippen LogP contribution < -0.4 is 4.74 Å². The predicted octanol–water partition coefficient (Wildman–Crippen LogP) is 3.04. The van der Waals surface area contributed by atoms with Crippen LogP contribution in [0.15, 0.2) is 43.0 Å². The number of carbonyl (C=O) groups excluding carboxylic acids is 1. The van der Waals surface area contributed by atoms with Gasteiger partial charge in [0.1, 0.15) is 12.1 Å². The summed E-state index contributed by atoms with van der Waals surface area (Å²) in [7, 11) is 1.65. The summed E-state index contributed by atoms with van der Waals surface area (Å²) < 4.78 is 6.80. The lowest BCUT2D eigenvalue weighted by Crippen LogP contribution is -2.36. The van der Waals surface area contributed by atoms with Gasteiger partial charge in [0.15, 0.2) is 0 Å². The zero-order valence-electron chi connectivity index (χ0n) is 11.6. The molecule has 1 fully saturated rings. The van der Waals surface area contributed by atoms with Gasteiger partial charge in [0, 0.05) is 12.4 Å². The number of rotatable bonds is 3. The summed E-state index contributed by atoms with van der Waals surface area (Å²) in [6, 6.07) is 7.88. The minimum Gasteiger partial charge on any atom is -0.497 e. The van der Waals surface area contributed by atoms with Gasteiger partial charge in [-0.15, -0.1) is 0 Å². The lowest BCUT2D eigenvalue weighted by atomic mass is 9.78. The van der Waals surface area contributed by atoms with Gasteiger partial charge in [-0.05, 0) is 30.5 Å². The number of ether oxygens (including phenoxy) is 1. The van der Waals surface area contributed by atoms with Gasteiger partial charge < -0.3 is 4.74 Å². The smallest absolute Gasteiger partial charge is 0.242 e. The van der Waals surface area contributed by atoms with Crippen LogP contribution in [0.3, 0.4) is 0 Å². The lowest BCUT2D eigenvalue weighted by Gasteiger charge is -2.28. The summed E-state index contributed by atoms with van der Waals surface area (Å²) in [5.41, 5.74) is 0.668. The first kappa shape index (κ1) is 12.9. The molecule has 0 atom stereocenters. The average Bonchev–Trinajstić information content (AvgIpc) is 3.19. The summed E-state index contributed by atoms with van der Waals surface area (Å²) in [6.07, 6.45) is 8.94. The molecule has 1 aliphatic rings. The van der Waals surface area contributed by atoms with Crippen molar-refractivity contribution in [3.8, 4) is 5.75 Å². The molecule has 0 radical (unpaired) electrons. The average molecular weight is 270 g/mol. The third-order valence-electron chi connectivity index (χ3n) is 4.25. The quantitative estimate of drug-likeness (QED) is 0.861. The molecule has 1 aliphatic carbocycles. The van der Waals surface area contributed by atoms with E-state index in [2.05, 4.69) is 4.98 Å². The molecule has 2 aromatic rings. The molecule has 0 unspecified atom stereocenters. The van der Waals surface area contributed by atoms with Crippen LogP contribution in [0.1, 0.15) is 36.0 Å². The lowest BCUT2D eigenvalue weighted by molar-refractivity contribution is 0.0797. The number of methoxy groups -OCH3 is 1. The van der Waals surface area contributed by atoms with Crippen molar-refractivity contribution in [2.24, 2.45) is 0 Å². The first-order valence-corrected chi connectivity index (χ1v) is 6.93. The standard InChI is InChI=1S/C16H18N2O2/c1-20-14-6-4-13(5-7-14)16(8-2-3-9-16)15(19)18-11-10-17-12-18/h4-7,10-12H,2-3,8-9H2,1H3. The SMILES string of the molecule is COc1ccc(C2(C(=O)n3ccnc3)CCCC2)cc1. The van der Waals surface area contributed by atoms with E-state index in [9.17, 15) is 4.79 Å². The molecule has 0 N–H and O–H groups in total. The maximum absolute atomic E-state index is 12.9. The van der Waals surface area contributed by atoms with Gasteiger partial charge in [-0.1, -0.05) is 25.0 Å². The summed E-state index contributed by atoms with van der Waals surface area (Å²) in [4.78, 5) is 16.9. The molecule has 0 saturated heterocycles. The molecule has 1 saturated carbocycles. The second kappa shape index (κ2) is 5.12. The Morgan fingerprint density at radius 2 is 1.95 bits per heavy atom. The van der Waals surface area contributed by atoms with E-state index in [1.54, 1.807) is 30.4 Å².